The maximum atomic E-state index is 8.77. The maximum absolute atomic E-state index is 8.77. The van der Waals surface area contributed by atoms with Gasteiger partial charge in [0.05, 0.1) is 31.0 Å². The normalized spacial score (nSPS) is 11.6. The number of benzene rings is 1. The third kappa shape index (κ3) is 3.14. The van der Waals surface area contributed by atoms with Crippen LogP contribution in [0.4, 0.5) is 5.69 Å². The number of methoxy groups -OCH3 is 2. The molecule has 1 aromatic rings. The summed E-state index contributed by atoms with van der Waals surface area (Å²) in [5, 5.41) is 12.0. The van der Waals surface area contributed by atoms with Gasteiger partial charge in [-0.3, -0.25) is 0 Å². The maximum Gasteiger partial charge on any atom is 0.143 e. The van der Waals surface area contributed by atoms with E-state index >= 15 is 0 Å². The number of hydrogen-bond donors (Lipinski definition) is 1. The molecule has 0 fully saturated rings. The lowest BCUT2D eigenvalue weighted by Gasteiger charge is -2.16. The SMILES string of the molecule is COCC(C)Nc1ccc(C#N)cc1OC. The second-order valence-corrected chi connectivity index (χ2v) is 3.53. The van der Waals surface area contributed by atoms with Crippen molar-refractivity contribution in [1.82, 2.24) is 0 Å². The van der Waals surface area contributed by atoms with Gasteiger partial charge in [0.25, 0.3) is 0 Å². The molecular formula is C12H16N2O2. The summed E-state index contributed by atoms with van der Waals surface area (Å²) in [6, 6.07) is 7.56. The zero-order valence-electron chi connectivity index (χ0n) is 9.78. The third-order valence-electron chi connectivity index (χ3n) is 2.15. The number of ether oxygens (including phenoxy) is 2. The third-order valence-corrected chi connectivity index (χ3v) is 2.15. The summed E-state index contributed by atoms with van der Waals surface area (Å²) in [5.74, 6) is 0.669. The summed E-state index contributed by atoms with van der Waals surface area (Å²) >= 11 is 0. The monoisotopic (exact) mass is 220 g/mol. The van der Waals surface area contributed by atoms with Crippen LogP contribution < -0.4 is 10.1 Å². The molecule has 16 heavy (non-hydrogen) atoms. The minimum absolute atomic E-state index is 0.187. The van der Waals surface area contributed by atoms with E-state index in [1.54, 1.807) is 26.4 Å². The fourth-order valence-corrected chi connectivity index (χ4v) is 1.44. The molecule has 0 spiro atoms. The summed E-state index contributed by atoms with van der Waals surface area (Å²) in [5.41, 5.74) is 1.45. The second-order valence-electron chi connectivity index (χ2n) is 3.53. The molecule has 1 aromatic carbocycles. The first-order valence-corrected chi connectivity index (χ1v) is 5.05. The van der Waals surface area contributed by atoms with Gasteiger partial charge < -0.3 is 14.8 Å². The van der Waals surface area contributed by atoms with Crippen molar-refractivity contribution in [2.45, 2.75) is 13.0 Å². The van der Waals surface area contributed by atoms with E-state index in [1.165, 1.54) is 0 Å². The first kappa shape index (κ1) is 12.3. The molecule has 1 rings (SSSR count). The standard InChI is InChI=1S/C12H16N2O2/c1-9(8-15-2)14-11-5-4-10(7-13)6-12(11)16-3/h4-6,9,14H,8H2,1-3H3. The largest absolute Gasteiger partial charge is 0.495 e. The molecule has 1 N–H and O–H groups in total. The van der Waals surface area contributed by atoms with E-state index in [2.05, 4.69) is 11.4 Å². The highest BCUT2D eigenvalue weighted by molar-refractivity contribution is 5.59. The number of nitrogens with zero attached hydrogens (tertiary/aromatic N) is 1. The first-order valence-electron chi connectivity index (χ1n) is 5.05. The number of nitrogens with one attached hydrogen (secondary N) is 1. The Kier molecular flexibility index (Phi) is 4.62. The lowest BCUT2D eigenvalue weighted by molar-refractivity contribution is 0.190. The van der Waals surface area contributed by atoms with Gasteiger partial charge in [-0.25, -0.2) is 0 Å². The van der Waals surface area contributed by atoms with Crippen molar-refractivity contribution in [2.75, 3.05) is 26.1 Å². The molecule has 0 aromatic heterocycles. The van der Waals surface area contributed by atoms with Crippen LogP contribution in [0.5, 0.6) is 5.75 Å². The van der Waals surface area contributed by atoms with Crippen LogP contribution in [0.1, 0.15) is 12.5 Å². The van der Waals surface area contributed by atoms with Crippen LogP contribution in [0.2, 0.25) is 0 Å². The molecule has 0 heterocycles. The summed E-state index contributed by atoms with van der Waals surface area (Å²) in [4.78, 5) is 0. The molecular weight excluding hydrogens is 204 g/mol. The van der Waals surface area contributed by atoms with Crippen molar-refractivity contribution < 1.29 is 9.47 Å². The van der Waals surface area contributed by atoms with E-state index in [1.807, 2.05) is 13.0 Å². The van der Waals surface area contributed by atoms with Crippen LogP contribution in [0.25, 0.3) is 0 Å². The number of rotatable bonds is 5. The van der Waals surface area contributed by atoms with Gasteiger partial charge in [0.15, 0.2) is 0 Å². The Labute approximate surface area is 95.8 Å². The van der Waals surface area contributed by atoms with E-state index in [9.17, 15) is 0 Å². The molecule has 0 aliphatic heterocycles. The van der Waals surface area contributed by atoms with Gasteiger partial charge >= 0.3 is 0 Å². The van der Waals surface area contributed by atoms with E-state index in [0.29, 0.717) is 17.9 Å². The Morgan fingerprint density at radius 1 is 1.44 bits per heavy atom. The Morgan fingerprint density at radius 3 is 2.75 bits per heavy atom. The lowest BCUT2D eigenvalue weighted by Crippen LogP contribution is -2.21. The second kappa shape index (κ2) is 5.99. The minimum atomic E-state index is 0.187. The zero-order chi connectivity index (χ0) is 12.0. The molecule has 0 radical (unpaired) electrons. The van der Waals surface area contributed by atoms with Gasteiger partial charge in [-0.15, -0.1) is 0 Å². The van der Waals surface area contributed by atoms with Crippen LogP contribution in [0.15, 0.2) is 18.2 Å². The summed E-state index contributed by atoms with van der Waals surface area (Å²) < 4.78 is 10.3. The van der Waals surface area contributed by atoms with Gasteiger partial charge in [-0.1, -0.05) is 0 Å². The average Bonchev–Trinajstić information content (AvgIpc) is 2.30. The van der Waals surface area contributed by atoms with Gasteiger partial charge in [-0.05, 0) is 19.1 Å². The molecule has 0 bridgehead atoms. The summed E-state index contributed by atoms with van der Waals surface area (Å²) in [7, 11) is 3.25. The highest BCUT2D eigenvalue weighted by Crippen LogP contribution is 2.25. The Bertz CT molecular complexity index is 385. The predicted molar refractivity (Wildman–Crippen MR) is 62.7 cm³/mol. The van der Waals surface area contributed by atoms with Gasteiger partial charge in [0.2, 0.25) is 0 Å². The Morgan fingerprint density at radius 2 is 2.19 bits per heavy atom. The molecule has 0 amide bonds. The molecule has 86 valence electrons. The molecule has 0 aliphatic carbocycles. The molecule has 4 heteroatoms. The molecule has 0 aliphatic rings. The van der Waals surface area contributed by atoms with Gasteiger partial charge in [0.1, 0.15) is 5.75 Å². The highest BCUT2D eigenvalue weighted by atomic mass is 16.5. The topological polar surface area (TPSA) is 54.3 Å². The Hall–Kier alpha value is -1.73. The zero-order valence-corrected chi connectivity index (χ0v) is 9.78. The molecule has 4 nitrogen and oxygen atoms in total. The van der Waals surface area contributed by atoms with E-state index < -0.39 is 0 Å². The van der Waals surface area contributed by atoms with Crippen molar-refractivity contribution in [3.63, 3.8) is 0 Å². The van der Waals surface area contributed by atoms with Crippen LogP contribution in [0, 0.1) is 11.3 Å². The van der Waals surface area contributed by atoms with Crippen LogP contribution in [0.3, 0.4) is 0 Å². The Balaban J connectivity index is 2.84. The average molecular weight is 220 g/mol. The van der Waals surface area contributed by atoms with Crippen molar-refractivity contribution in [2.24, 2.45) is 0 Å². The van der Waals surface area contributed by atoms with Crippen LogP contribution >= 0.6 is 0 Å². The highest BCUT2D eigenvalue weighted by Gasteiger charge is 2.07. The van der Waals surface area contributed by atoms with E-state index in [0.717, 1.165) is 5.69 Å². The number of hydrogen-bond acceptors (Lipinski definition) is 4. The number of anilines is 1. The molecule has 0 saturated heterocycles. The molecule has 0 saturated carbocycles. The van der Waals surface area contributed by atoms with Gasteiger partial charge in [0, 0.05) is 19.2 Å². The van der Waals surface area contributed by atoms with Crippen molar-refractivity contribution in [3.8, 4) is 11.8 Å². The molecule has 1 atom stereocenters. The fraction of sp³-hybridized carbons (Fsp3) is 0.417. The summed E-state index contributed by atoms with van der Waals surface area (Å²) in [6.07, 6.45) is 0. The van der Waals surface area contributed by atoms with Crippen molar-refractivity contribution in [1.29, 1.82) is 5.26 Å². The molecule has 1 unspecified atom stereocenters. The van der Waals surface area contributed by atoms with Crippen LogP contribution in [-0.2, 0) is 4.74 Å². The minimum Gasteiger partial charge on any atom is -0.495 e. The predicted octanol–water partition coefficient (Wildman–Crippen LogP) is 2.01. The van der Waals surface area contributed by atoms with Crippen LogP contribution in [-0.4, -0.2) is 26.9 Å². The summed E-state index contributed by atoms with van der Waals surface area (Å²) in [6.45, 7) is 2.63. The van der Waals surface area contributed by atoms with Gasteiger partial charge in [-0.2, -0.15) is 5.26 Å². The lowest BCUT2D eigenvalue weighted by atomic mass is 10.2. The number of nitriles is 1. The quantitative estimate of drug-likeness (QED) is 0.824. The smallest absolute Gasteiger partial charge is 0.143 e. The fourth-order valence-electron chi connectivity index (χ4n) is 1.44. The van der Waals surface area contributed by atoms with E-state index in [4.69, 9.17) is 14.7 Å². The van der Waals surface area contributed by atoms with E-state index in [-0.39, 0.29) is 6.04 Å². The van der Waals surface area contributed by atoms with Crippen molar-refractivity contribution in [3.05, 3.63) is 23.8 Å². The van der Waals surface area contributed by atoms with Crippen molar-refractivity contribution >= 4 is 5.69 Å². The first-order chi connectivity index (χ1) is 7.71.